The summed E-state index contributed by atoms with van der Waals surface area (Å²) in [5.41, 5.74) is 0.319. The van der Waals surface area contributed by atoms with Gasteiger partial charge in [0, 0.05) is 11.0 Å². The summed E-state index contributed by atoms with van der Waals surface area (Å²) in [6.45, 7) is 4.87. The highest BCUT2D eigenvalue weighted by atomic mass is 79.9. The average molecular weight is 300 g/mol. The molecule has 0 saturated heterocycles. The fraction of sp³-hybridized carbons (Fsp3) is 0.462. The van der Waals surface area contributed by atoms with Crippen molar-refractivity contribution < 1.29 is 9.90 Å². The van der Waals surface area contributed by atoms with E-state index in [0.717, 1.165) is 17.3 Å². The number of phenols is 1. The summed E-state index contributed by atoms with van der Waals surface area (Å²) < 4.78 is 0.756. The Labute approximate surface area is 110 Å². The van der Waals surface area contributed by atoms with Crippen molar-refractivity contribution in [1.82, 2.24) is 5.32 Å². The second kappa shape index (κ2) is 6.64. The first-order chi connectivity index (χ1) is 8.08. The highest BCUT2D eigenvalue weighted by Gasteiger charge is 2.12. The second-order valence-corrected chi connectivity index (χ2v) is 4.97. The third-order valence-corrected chi connectivity index (χ3v) is 3.40. The summed E-state index contributed by atoms with van der Waals surface area (Å²) in [5, 5.41) is 12.5. The lowest BCUT2D eigenvalue weighted by molar-refractivity contribution is 0.0943. The van der Waals surface area contributed by atoms with Gasteiger partial charge in [-0.15, -0.1) is 0 Å². The fourth-order valence-corrected chi connectivity index (χ4v) is 1.96. The smallest absolute Gasteiger partial charge is 0.255 e. The molecule has 4 heteroatoms. The molecule has 0 saturated carbocycles. The van der Waals surface area contributed by atoms with Crippen LogP contribution in [0.1, 0.15) is 37.0 Å². The molecule has 0 heterocycles. The van der Waals surface area contributed by atoms with E-state index in [4.69, 9.17) is 0 Å². The normalized spacial score (nSPS) is 10.6. The number of phenolic OH excluding ortho intramolecular Hbond substituents is 1. The molecule has 17 heavy (non-hydrogen) atoms. The SMILES string of the molecule is CCC(CC)CNC(=O)c1ccc(Br)cc1O. The largest absolute Gasteiger partial charge is 0.507 e. The van der Waals surface area contributed by atoms with Crippen molar-refractivity contribution in [3.05, 3.63) is 28.2 Å². The summed E-state index contributed by atoms with van der Waals surface area (Å²) in [7, 11) is 0. The summed E-state index contributed by atoms with van der Waals surface area (Å²) in [4.78, 5) is 11.8. The molecule has 0 spiro atoms. The number of carbonyl (C=O) groups is 1. The predicted molar refractivity (Wildman–Crippen MR) is 72.2 cm³/mol. The molecule has 0 aromatic heterocycles. The van der Waals surface area contributed by atoms with E-state index in [1.807, 2.05) is 0 Å². The molecule has 0 radical (unpaired) electrons. The van der Waals surface area contributed by atoms with E-state index >= 15 is 0 Å². The first kappa shape index (κ1) is 14.0. The Bertz CT molecular complexity index is 389. The maximum absolute atomic E-state index is 11.8. The van der Waals surface area contributed by atoms with Crippen LogP contribution in [0, 0.1) is 5.92 Å². The van der Waals surface area contributed by atoms with Crippen LogP contribution in [-0.4, -0.2) is 17.6 Å². The van der Waals surface area contributed by atoms with Crippen molar-refractivity contribution in [3.63, 3.8) is 0 Å². The highest BCUT2D eigenvalue weighted by Crippen LogP contribution is 2.22. The Kier molecular flexibility index (Phi) is 5.48. The predicted octanol–water partition coefficient (Wildman–Crippen LogP) is 3.32. The average Bonchev–Trinajstić information content (AvgIpc) is 2.30. The van der Waals surface area contributed by atoms with Gasteiger partial charge in [0.2, 0.25) is 0 Å². The Morgan fingerprint density at radius 2 is 2.06 bits per heavy atom. The van der Waals surface area contributed by atoms with Crippen LogP contribution in [0.5, 0.6) is 5.75 Å². The molecule has 0 fully saturated rings. The number of rotatable bonds is 5. The number of hydrogen-bond donors (Lipinski definition) is 2. The molecular weight excluding hydrogens is 282 g/mol. The molecule has 0 aliphatic heterocycles. The minimum absolute atomic E-state index is 0.00132. The van der Waals surface area contributed by atoms with Gasteiger partial charge < -0.3 is 10.4 Å². The number of nitrogens with one attached hydrogen (secondary N) is 1. The third kappa shape index (κ3) is 4.04. The van der Waals surface area contributed by atoms with Crippen molar-refractivity contribution in [2.75, 3.05) is 6.54 Å². The van der Waals surface area contributed by atoms with Gasteiger partial charge in [0.25, 0.3) is 5.91 Å². The molecule has 1 rings (SSSR count). The molecule has 1 aromatic rings. The van der Waals surface area contributed by atoms with Gasteiger partial charge in [-0.2, -0.15) is 0 Å². The topological polar surface area (TPSA) is 49.3 Å². The fourth-order valence-electron chi connectivity index (χ4n) is 1.61. The van der Waals surface area contributed by atoms with Gasteiger partial charge in [-0.25, -0.2) is 0 Å². The second-order valence-electron chi connectivity index (χ2n) is 4.05. The zero-order valence-electron chi connectivity index (χ0n) is 10.2. The summed E-state index contributed by atoms with van der Waals surface area (Å²) in [5.74, 6) is 0.278. The van der Waals surface area contributed by atoms with Gasteiger partial charge in [0.05, 0.1) is 5.56 Å². The lowest BCUT2D eigenvalue weighted by atomic mass is 10.0. The Morgan fingerprint density at radius 1 is 1.41 bits per heavy atom. The number of hydrogen-bond acceptors (Lipinski definition) is 2. The van der Waals surface area contributed by atoms with Gasteiger partial charge in [0.15, 0.2) is 0 Å². The molecular formula is C13H18BrNO2. The van der Waals surface area contributed by atoms with Crippen LogP contribution >= 0.6 is 15.9 Å². The van der Waals surface area contributed by atoms with E-state index in [-0.39, 0.29) is 11.7 Å². The van der Waals surface area contributed by atoms with Crippen LogP contribution in [0.15, 0.2) is 22.7 Å². The lowest BCUT2D eigenvalue weighted by Crippen LogP contribution is -2.28. The zero-order chi connectivity index (χ0) is 12.8. The first-order valence-corrected chi connectivity index (χ1v) is 6.64. The van der Waals surface area contributed by atoms with Crippen LogP contribution in [0.25, 0.3) is 0 Å². The Hall–Kier alpha value is -1.03. The lowest BCUT2D eigenvalue weighted by Gasteiger charge is -2.13. The van der Waals surface area contributed by atoms with Crippen LogP contribution in [0.4, 0.5) is 0 Å². The molecule has 1 aromatic carbocycles. The van der Waals surface area contributed by atoms with E-state index in [0.29, 0.717) is 18.0 Å². The Balaban J connectivity index is 2.64. The van der Waals surface area contributed by atoms with Gasteiger partial charge in [-0.3, -0.25) is 4.79 Å². The van der Waals surface area contributed by atoms with Crippen molar-refractivity contribution in [3.8, 4) is 5.75 Å². The molecule has 0 atom stereocenters. The van der Waals surface area contributed by atoms with Crippen LogP contribution in [0.3, 0.4) is 0 Å². The van der Waals surface area contributed by atoms with E-state index < -0.39 is 0 Å². The third-order valence-electron chi connectivity index (χ3n) is 2.91. The first-order valence-electron chi connectivity index (χ1n) is 5.85. The monoisotopic (exact) mass is 299 g/mol. The number of amides is 1. The van der Waals surface area contributed by atoms with Crippen molar-refractivity contribution in [1.29, 1.82) is 0 Å². The van der Waals surface area contributed by atoms with Crippen LogP contribution in [0.2, 0.25) is 0 Å². The van der Waals surface area contributed by atoms with E-state index in [1.165, 1.54) is 6.07 Å². The van der Waals surface area contributed by atoms with E-state index in [9.17, 15) is 9.90 Å². The Morgan fingerprint density at radius 3 is 2.59 bits per heavy atom. The number of aromatic hydroxyl groups is 1. The number of halogens is 1. The van der Waals surface area contributed by atoms with Crippen molar-refractivity contribution in [2.45, 2.75) is 26.7 Å². The zero-order valence-corrected chi connectivity index (χ0v) is 11.8. The molecule has 1 amide bonds. The molecule has 0 unspecified atom stereocenters. The molecule has 3 nitrogen and oxygen atoms in total. The van der Waals surface area contributed by atoms with Gasteiger partial charge in [-0.05, 0) is 24.1 Å². The van der Waals surface area contributed by atoms with Gasteiger partial charge in [-0.1, -0.05) is 42.6 Å². The molecule has 94 valence electrons. The quantitative estimate of drug-likeness (QED) is 0.876. The van der Waals surface area contributed by atoms with E-state index in [2.05, 4.69) is 35.1 Å². The standard InChI is InChI=1S/C13H18BrNO2/c1-3-9(4-2)8-15-13(17)11-6-5-10(14)7-12(11)16/h5-7,9,16H,3-4,8H2,1-2H3,(H,15,17). The van der Waals surface area contributed by atoms with Gasteiger partial charge in [0.1, 0.15) is 5.75 Å². The maximum atomic E-state index is 11.8. The van der Waals surface area contributed by atoms with Crippen LogP contribution < -0.4 is 5.32 Å². The number of carbonyl (C=O) groups excluding carboxylic acids is 1. The summed E-state index contributed by atoms with van der Waals surface area (Å²) >= 11 is 3.24. The van der Waals surface area contributed by atoms with E-state index in [1.54, 1.807) is 12.1 Å². The molecule has 0 aliphatic rings. The maximum Gasteiger partial charge on any atom is 0.255 e. The minimum atomic E-state index is -0.220. The van der Waals surface area contributed by atoms with Crippen LogP contribution in [-0.2, 0) is 0 Å². The summed E-state index contributed by atoms with van der Waals surface area (Å²) in [6, 6.07) is 4.87. The van der Waals surface area contributed by atoms with Crippen molar-refractivity contribution >= 4 is 21.8 Å². The molecule has 0 aliphatic carbocycles. The minimum Gasteiger partial charge on any atom is -0.507 e. The summed E-state index contributed by atoms with van der Waals surface area (Å²) in [6.07, 6.45) is 2.09. The number of benzene rings is 1. The molecule has 0 bridgehead atoms. The van der Waals surface area contributed by atoms with Gasteiger partial charge >= 0.3 is 0 Å². The highest BCUT2D eigenvalue weighted by molar-refractivity contribution is 9.10. The molecule has 2 N–H and O–H groups in total. The van der Waals surface area contributed by atoms with Crippen molar-refractivity contribution in [2.24, 2.45) is 5.92 Å².